The first kappa shape index (κ1) is 11.1. The molecule has 5 heteroatoms. The van der Waals surface area contributed by atoms with Gasteiger partial charge < -0.3 is 4.74 Å². The lowest BCUT2D eigenvalue weighted by molar-refractivity contribution is 0.0443. The first-order valence-electron chi connectivity index (χ1n) is 5.41. The van der Waals surface area contributed by atoms with Gasteiger partial charge in [0, 0.05) is 5.56 Å². The topological polar surface area (TPSA) is 56.3 Å². The molecule has 1 aliphatic heterocycles. The van der Waals surface area contributed by atoms with Crippen LogP contribution in [0.3, 0.4) is 0 Å². The fourth-order valence-electron chi connectivity index (χ4n) is 1.94. The summed E-state index contributed by atoms with van der Waals surface area (Å²) in [6.45, 7) is 3.99. The standard InChI is InChI=1S/C13H9NO3S/c1-6-3-4-8(7(2)5-6)11-14-9-10(18-11)13(16)17-12(9)15/h3-5H,1-2H3. The van der Waals surface area contributed by atoms with Crippen LogP contribution in [0.4, 0.5) is 0 Å². The van der Waals surface area contributed by atoms with E-state index < -0.39 is 11.9 Å². The zero-order chi connectivity index (χ0) is 12.9. The third kappa shape index (κ3) is 1.55. The molecule has 0 atom stereocenters. The van der Waals surface area contributed by atoms with E-state index in [0.717, 1.165) is 16.7 Å². The molecule has 0 unspecified atom stereocenters. The van der Waals surface area contributed by atoms with Crippen molar-refractivity contribution in [3.05, 3.63) is 39.9 Å². The summed E-state index contributed by atoms with van der Waals surface area (Å²) in [5.74, 6) is -1.24. The number of fused-ring (bicyclic) bond motifs is 1. The van der Waals surface area contributed by atoms with Gasteiger partial charge in [-0.25, -0.2) is 14.6 Å². The number of hydrogen-bond acceptors (Lipinski definition) is 5. The third-order valence-electron chi connectivity index (χ3n) is 2.80. The monoisotopic (exact) mass is 259 g/mol. The normalized spacial score (nSPS) is 13.7. The summed E-state index contributed by atoms with van der Waals surface area (Å²) in [6, 6.07) is 5.98. The quantitative estimate of drug-likeness (QED) is 0.583. The van der Waals surface area contributed by atoms with Gasteiger partial charge in [0.2, 0.25) is 0 Å². The van der Waals surface area contributed by atoms with Gasteiger partial charge in [-0.05, 0) is 19.4 Å². The number of aryl methyl sites for hydroxylation is 2. The van der Waals surface area contributed by atoms with Crippen molar-refractivity contribution in [3.8, 4) is 10.6 Å². The van der Waals surface area contributed by atoms with E-state index in [1.54, 1.807) is 0 Å². The lowest BCUT2D eigenvalue weighted by Gasteiger charge is -2.03. The second-order valence-corrected chi connectivity index (χ2v) is 5.19. The molecule has 0 aliphatic carbocycles. The summed E-state index contributed by atoms with van der Waals surface area (Å²) in [7, 11) is 0. The van der Waals surface area contributed by atoms with Crippen molar-refractivity contribution in [2.75, 3.05) is 0 Å². The Hall–Kier alpha value is -2.01. The van der Waals surface area contributed by atoms with Crippen molar-refractivity contribution in [1.82, 2.24) is 4.98 Å². The average Bonchev–Trinajstić information content (AvgIpc) is 2.82. The maximum absolute atomic E-state index is 11.4. The van der Waals surface area contributed by atoms with Crippen LogP contribution in [-0.4, -0.2) is 16.9 Å². The molecule has 4 nitrogen and oxygen atoms in total. The van der Waals surface area contributed by atoms with Crippen LogP contribution in [0.5, 0.6) is 0 Å². The Kier molecular flexibility index (Phi) is 2.31. The second kappa shape index (κ2) is 3.74. The second-order valence-electron chi connectivity index (χ2n) is 4.19. The van der Waals surface area contributed by atoms with E-state index in [1.807, 2.05) is 32.0 Å². The van der Waals surface area contributed by atoms with Gasteiger partial charge in [0.15, 0.2) is 5.69 Å². The largest absolute Gasteiger partial charge is 0.384 e. The predicted octanol–water partition coefficient (Wildman–Crippen LogP) is 2.74. The molecule has 0 bridgehead atoms. The van der Waals surface area contributed by atoms with Crippen LogP contribution < -0.4 is 0 Å². The van der Waals surface area contributed by atoms with Crippen LogP contribution in [0, 0.1) is 13.8 Å². The van der Waals surface area contributed by atoms with Gasteiger partial charge in [0.05, 0.1) is 0 Å². The number of hydrogen-bond donors (Lipinski definition) is 0. The van der Waals surface area contributed by atoms with Crippen molar-refractivity contribution >= 4 is 23.3 Å². The lowest BCUT2D eigenvalue weighted by atomic mass is 10.1. The molecule has 3 rings (SSSR count). The molecule has 2 aromatic rings. The highest BCUT2D eigenvalue weighted by molar-refractivity contribution is 7.17. The van der Waals surface area contributed by atoms with Crippen LogP contribution in [0.15, 0.2) is 18.2 Å². The van der Waals surface area contributed by atoms with E-state index in [1.165, 1.54) is 11.3 Å². The van der Waals surface area contributed by atoms with Crippen molar-refractivity contribution in [1.29, 1.82) is 0 Å². The molecule has 0 fully saturated rings. The van der Waals surface area contributed by atoms with Gasteiger partial charge in [-0.3, -0.25) is 0 Å². The van der Waals surface area contributed by atoms with Crippen LogP contribution in [-0.2, 0) is 4.74 Å². The molecule has 1 aliphatic rings. The number of carbonyl (C=O) groups is 2. The fraction of sp³-hybridized carbons (Fsp3) is 0.154. The van der Waals surface area contributed by atoms with E-state index in [2.05, 4.69) is 9.72 Å². The highest BCUT2D eigenvalue weighted by Crippen LogP contribution is 2.34. The third-order valence-corrected chi connectivity index (χ3v) is 3.87. The summed E-state index contributed by atoms with van der Waals surface area (Å²) in [5, 5.41) is 0.683. The number of esters is 2. The molecule has 0 saturated carbocycles. The molecule has 0 amide bonds. The lowest BCUT2D eigenvalue weighted by Crippen LogP contribution is -1.99. The highest BCUT2D eigenvalue weighted by atomic mass is 32.1. The molecule has 1 aromatic heterocycles. The molecule has 0 N–H and O–H groups in total. The van der Waals surface area contributed by atoms with Gasteiger partial charge in [-0.2, -0.15) is 0 Å². The van der Waals surface area contributed by atoms with Crippen LogP contribution in [0.25, 0.3) is 10.6 Å². The summed E-state index contributed by atoms with van der Waals surface area (Å²) in [4.78, 5) is 27.3. The van der Waals surface area contributed by atoms with Gasteiger partial charge >= 0.3 is 11.9 Å². The fourth-order valence-corrected chi connectivity index (χ4v) is 2.96. The Balaban J connectivity index is 2.14. The molecule has 90 valence electrons. The summed E-state index contributed by atoms with van der Waals surface area (Å²) >= 11 is 1.20. The minimum absolute atomic E-state index is 0.139. The highest BCUT2D eigenvalue weighted by Gasteiger charge is 2.34. The van der Waals surface area contributed by atoms with Crippen molar-refractivity contribution in [3.63, 3.8) is 0 Å². The minimum Gasteiger partial charge on any atom is -0.384 e. The van der Waals surface area contributed by atoms with E-state index >= 15 is 0 Å². The average molecular weight is 259 g/mol. The smallest absolute Gasteiger partial charge is 0.366 e. The molecule has 0 saturated heterocycles. The molecule has 2 heterocycles. The molecule has 0 radical (unpaired) electrons. The maximum Gasteiger partial charge on any atom is 0.366 e. The number of benzene rings is 1. The number of aromatic nitrogens is 1. The van der Waals surface area contributed by atoms with E-state index in [0.29, 0.717) is 9.88 Å². The van der Waals surface area contributed by atoms with Gasteiger partial charge in [0.1, 0.15) is 9.88 Å². The van der Waals surface area contributed by atoms with E-state index in [-0.39, 0.29) is 5.69 Å². The van der Waals surface area contributed by atoms with E-state index in [4.69, 9.17) is 0 Å². The molecule has 0 spiro atoms. The van der Waals surface area contributed by atoms with Gasteiger partial charge in [0.25, 0.3) is 0 Å². The number of cyclic esters (lactones) is 2. The van der Waals surface area contributed by atoms with Crippen molar-refractivity contribution in [2.45, 2.75) is 13.8 Å². The Bertz CT molecular complexity index is 656. The Morgan fingerprint density at radius 1 is 1.17 bits per heavy atom. The molecule has 1 aromatic carbocycles. The maximum atomic E-state index is 11.4. The summed E-state index contributed by atoms with van der Waals surface area (Å²) < 4.78 is 4.48. The summed E-state index contributed by atoms with van der Waals surface area (Å²) in [6.07, 6.45) is 0. The number of rotatable bonds is 1. The number of carbonyl (C=O) groups excluding carboxylic acids is 2. The zero-order valence-electron chi connectivity index (χ0n) is 9.81. The van der Waals surface area contributed by atoms with Gasteiger partial charge in [-0.15, -0.1) is 11.3 Å². The van der Waals surface area contributed by atoms with Gasteiger partial charge in [-0.1, -0.05) is 23.8 Å². The van der Waals surface area contributed by atoms with Crippen molar-refractivity contribution < 1.29 is 14.3 Å². The predicted molar refractivity (Wildman–Crippen MR) is 66.8 cm³/mol. The minimum atomic E-state index is -0.651. The Labute approximate surface area is 107 Å². The number of ether oxygens (including phenoxy) is 1. The SMILES string of the molecule is Cc1ccc(-c2nc3c(s2)C(=O)OC3=O)c(C)c1. The van der Waals surface area contributed by atoms with Crippen LogP contribution in [0.1, 0.15) is 31.3 Å². The van der Waals surface area contributed by atoms with E-state index in [9.17, 15) is 9.59 Å². The first-order chi connectivity index (χ1) is 8.56. The van der Waals surface area contributed by atoms with Crippen LogP contribution >= 0.6 is 11.3 Å². The Morgan fingerprint density at radius 3 is 2.61 bits per heavy atom. The Morgan fingerprint density at radius 2 is 1.94 bits per heavy atom. The number of thiazole rings is 1. The molecular formula is C13H9NO3S. The van der Waals surface area contributed by atoms with Crippen molar-refractivity contribution in [2.24, 2.45) is 0 Å². The molecule has 18 heavy (non-hydrogen) atoms. The summed E-state index contributed by atoms with van der Waals surface area (Å²) in [5.41, 5.74) is 3.32. The molecular weight excluding hydrogens is 250 g/mol. The van der Waals surface area contributed by atoms with Crippen LogP contribution in [0.2, 0.25) is 0 Å². The zero-order valence-corrected chi connectivity index (χ0v) is 10.6. The first-order valence-corrected chi connectivity index (χ1v) is 6.23. The number of nitrogens with zero attached hydrogens (tertiary/aromatic N) is 1.